The quantitative estimate of drug-likeness (QED) is 0.377. The van der Waals surface area contributed by atoms with E-state index in [4.69, 9.17) is 9.47 Å². The summed E-state index contributed by atoms with van der Waals surface area (Å²) in [6, 6.07) is 23.2. The molecule has 3 fully saturated rings. The molecule has 0 saturated carbocycles. The van der Waals surface area contributed by atoms with E-state index in [9.17, 15) is 19.5 Å². The summed E-state index contributed by atoms with van der Waals surface area (Å²) in [5.41, 5.74) is -0.401. The average molecular weight is 570 g/mol. The number of anilines is 2. The van der Waals surface area contributed by atoms with E-state index in [0.29, 0.717) is 29.1 Å². The van der Waals surface area contributed by atoms with Crippen LogP contribution < -0.4 is 15.4 Å². The normalized spacial score (nSPS) is 30.1. The number of nitrogens with zero attached hydrogens (tertiary/aromatic N) is 1. The first-order valence-electron chi connectivity index (χ1n) is 14.2. The highest BCUT2D eigenvalue weighted by atomic mass is 16.5. The van der Waals surface area contributed by atoms with E-state index in [0.717, 1.165) is 0 Å². The van der Waals surface area contributed by atoms with Crippen LogP contribution in [0.4, 0.5) is 11.4 Å². The molecule has 1 spiro atoms. The Kier molecular flexibility index (Phi) is 7.03. The van der Waals surface area contributed by atoms with Crippen LogP contribution in [0.3, 0.4) is 0 Å². The van der Waals surface area contributed by atoms with Gasteiger partial charge in [-0.3, -0.25) is 14.4 Å². The Labute approximate surface area is 244 Å². The van der Waals surface area contributed by atoms with Crippen LogP contribution in [0.15, 0.2) is 84.9 Å². The number of hydrogen-bond acceptors (Lipinski definition) is 6. The minimum atomic E-state index is -1.26. The first-order valence-corrected chi connectivity index (χ1v) is 14.2. The highest BCUT2D eigenvalue weighted by Crippen LogP contribution is 2.66. The molecule has 9 heteroatoms. The number of likely N-dealkylation sites (tertiary alicyclic amines) is 1. The summed E-state index contributed by atoms with van der Waals surface area (Å²) in [7, 11) is 1.56. The molecule has 3 saturated heterocycles. The summed E-state index contributed by atoms with van der Waals surface area (Å²) < 4.78 is 12.1. The van der Waals surface area contributed by atoms with Crippen LogP contribution in [-0.2, 0) is 19.1 Å². The van der Waals surface area contributed by atoms with E-state index in [1.165, 1.54) is 4.90 Å². The van der Waals surface area contributed by atoms with E-state index in [-0.39, 0.29) is 17.7 Å². The average Bonchev–Trinajstić information content (AvgIpc) is 3.51. The second kappa shape index (κ2) is 10.6. The van der Waals surface area contributed by atoms with Crippen LogP contribution in [0.2, 0.25) is 0 Å². The molecule has 7 atom stereocenters. The third kappa shape index (κ3) is 4.26. The van der Waals surface area contributed by atoms with E-state index >= 15 is 0 Å². The first-order chi connectivity index (χ1) is 20.2. The minimum Gasteiger partial charge on any atom is -0.497 e. The Bertz CT molecular complexity index is 1480. The molecular formula is C33H35N3O6. The summed E-state index contributed by atoms with van der Waals surface area (Å²) in [4.78, 5) is 44.3. The van der Waals surface area contributed by atoms with E-state index in [1.807, 2.05) is 62.4 Å². The molecule has 3 heterocycles. The van der Waals surface area contributed by atoms with Gasteiger partial charge in [-0.2, -0.15) is 0 Å². The van der Waals surface area contributed by atoms with Crippen molar-refractivity contribution in [2.45, 2.75) is 43.6 Å². The Balaban J connectivity index is 1.43. The van der Waals surface area contributed by atoms with Crippen molar-refractivity contribution >= 4 is 29.1 Å². The van der Waals surface area contributed by atoms with Crippen molar-refractivity contribution in [2.75, 3.05) is 24.4 Å². The highest BCUT2D eigenvalue weighted by molar-refractivity contribution is 6.05. The summed E-state index contributed by atoms with van der Waals surface area (Å²) in [6.07, 6.45) is 0.416. The third-order valence-corrected chi connectivity index (χ3v) is 9.38. The predicted octanol–water partition coefficient (Wildman–Crippen LogP) is 4.02. The van der Waals surface area contributed by atoms with Gasteiger partial charge in [-0.05, 0) is 61.2 Å². The number of para-hydroxylation sites is 1. The van der Waals surface area contributed by atoms with Gasteiger partial charge in [-0.25, -0.2) is 0 Å². The van der Waals surface area contributed by atoms with Gasteiger partial charge in [0.1, 0.15) is 17.4 Å². The first kappa shape index (κ1) is 27.9. The monoisotopic (exact) mass is 569 g/mol. The van der Waals surface area contributed by atoms with Crippen molar-refractivity contribution in [3.8, 4) is 5.75 Å². The van der Waals surface area contributed by atoms with Crippen LogP contribution in [0, 0.1) is 17.8 Å². The summed E-state index contributed by atoms with van der Waals surface area (Å²) >= 11 is 0. The maximum absolute atomic E-state index is 14.6. The lowest BCUT2D eigenvalue weighted by Gasteiger charge is -2.37. The zero-order valence-corrected chi connectivity index (χ0v) is 23.8. The maximum Gasteiger partial charge on any atom is 0.250 e. The van der Waals surface area contributed by atoms with Gasteiger partial charge in [-0.15, -0.1) is 0 Å². The van der Waals surface area contributed by atoms with Crippen molar-refractivity contribution in [2.24, 2.45) is 17.8 Å². The maximum atomic E-state index is 14.6. The molecule has 0 aliphatic carbocycles. The van der Waals surface area contributed by atoms with Crippen molar-refractivity contribution < 1.29 is 29.0 Å². The lowest BCUT2D eigenvalue weighted by Crippen LogP contribution is -2.54. The molecule has 6 rings (SSSR count). The number of benzene rings is 3. The molecule has 0 radical (unpaired) electrons. The van der Waals surface area contributed by atoms with Crippen LogP contribution in [0.5, 0.6) is 5.75 Å². The molecule has 3 amide bonds. The van der Waals surface area contributed by atoms with Crippen molar-refractivity contribution in [3.63, 3.8) is 0 Å². The standard InChI is InChI=1S/C33H35N3O6/c1-20-18-33-27(26(32(20,2)42-33)29(38)34-22-12-8-5-9-13-22)31(40)36(25(19-37)21-10-6-4-7-11-21)28(33)30(39)35-23-14-16-24(41-3)17-15-23/h4-17,20,25-28,37H,18-19H2,1-3H3,(H,34,38)(H,35,39)/t20?,25-,26-,27+,28?,32+,33?/m1/s1. The third-order valence-electron chi connectivity index (χ3n) is 9.38. The van der Waals surface area contributed by atoms with Crippen LogP contribution in [0.1, 0.15) is 31.9 Å². The van der Waals surface area contributed by atoms with Gasteiger partial charge in [0.15, 0.2) is 0 Å². The molecule has 3 aromatic carbocycles. The van der Waals surface area contributed by atoms with Gasteiger partial charge >= 0.3 is 0 Å². The Hall–Kier alpha value is -4.21. The lowest BCUT2D eigenvalue weighted by molar-refractivity contribution is -0.148. The molecule has 3 aliphatic rings. The van der Waals surface area contributed by atoms with Crippen molar-refractivity contribution in [1.82, 2.24) is 4.90 Å². The van der Waals surface area contributed by atoms with Gasteiger partial charge in [0.05, 0.1) is 37.2 Å². The Morgan fingerprint density at radius 2 is 1.57 bits per heavy atom. The molecular weight excluding hydrogens is 534 g/mol. The van der Waals surface area contributed by atoms with Crippen LogP contribution >= 0.6 is 0 Å². The van der Waals surface area contributed by atoms with Gasteiger partial charge in [0, 0.05) is 11.4 Å². The number of aliphatic hydroxyl groups is 1. The number of nitrogens with one attached hydrogen (secondary N) is 2. The summed E-state index contributed by atoms with van der Waals surface area (Å²) in [5.74, 6) is -2.37. The Morgan fingerprint density at radius 3 is 2.19 bits per heavy atom. The van der Waals surface area contributed by atoms with Gasteiger partial charge < -0.3 is 30.1 Å². The van der Waals surface area contributed by atoms with Crippen molar-refractivity contribution in [3.05, 3.63) is 90.5 Å². The van der Waals surface area contributed by atoms with Gasteiger partial charge in [-0.1, -0.05) is 55.5 Å². The SMILES string of the molecule is COc1ccc(NC(=O)C2N([C@H](CO)c3ccccc3)C(=O)[C@@H]3[C@H](C(=O)Nc4ccccc4)[C@@]4(C)OC23CC4C)cc1. The predicted molar refractivity (Wildman–Crippen MR) is 157 cm³/mol. The van der Waals surface area contributed by atoms with Gasteiger partial charge in [0.25, 0.3) is 0 Å². The molecule has 2 bridgehead atoms. The highest BCUT2D eigenvalue weighted by Gasteiger charge is 2.80. The number of fused-ring (bicyclic) bond motifs is 1. The molecule has 3 aliphatic heterocycles. The second-order valence-electron chi connectivity index (χ2n) is 11.6. The number of methoxy groups -OCH3 is 1. The number of amides is 3. The Morgan fingerprint density at radius 1 is 0.976 bits per heavy atom. The second-order valence-corrected chi connectivity index (χ2v) is 11.6. The molecule has 218 valence electrons. The summed E-state index contributed by atoms with van der Waals surface area (Å²) in [5, 5.41) is 16.6. The largest absolute Gasteiger partial charge is 0.497 e. The number of rotatable bonds is 8. The molecule has 42 heavy (non-hydrogen) atoms. The fraction of sp³-hybridized carbons (Fsp3) is 0.364. The molecule has 3 aromatic rings. The summed E-state index contributed by atoms with van der Waals surface area (Å²) in [6.45, 7) is 3.47. The number of carbonyl (C=O) groups is 3. The zero-order chi connectivity index (χ0) is 29.6. The smallest absolute Gasteiger partial charge is 0.250 e. The topological polar surface area (TPSA) is 117 Å². The lowest BCUT2D eigenvalue weighted by atomic mass is 9.62. The fourth-order valence-corrected chi connectivity index (χ4v) is 7.37. The van der Waals surface area contributed by atoms with Crippen LogP contribution in [0.25, 0.3) is 0 Å². The zero-order valence-electron chi connectivity index (χ0n) is 23.8. The number of hydrogen-bond donors (Lipinski definition) is 3. The fourth-order valence-electron chi connectivity index (χ4n) is 7.37. The number of ether oxygens (including phenoxy) is 2. The molecule has 9 nitrogen and oxygen atoms in total. The molecule has 3 N–H and O–H groups in total. The van der Waals surface area contributed by atoms with E-state index < -0.39 is 47.6 Å². The van der Waals surface area contributed by atoms with Gasteiger partial charge in [0.2, 0.25) is 17.7 Å². The minimum absolute atomic E-state index is 0.117. The molecule has 3 unspecified atom stereocenters. The van der Waals surface area contributed by atoms with E-state index in [1.54, 1.807) is 43.5 Å². The van der Waals surface area contributed by atoms with Crippen molar-refractivity contribution in [1.29, 1.82) is 0 Å². The number of carbonyl (C=O) groups excluding carboxylic acids is 3. The van der Waals surface area contributed by atoms with Crippen LogP contribution in [-0.4, -0.2) is 58.7 Å². The molecule has 0 aromatic heterocycles. The number of aliphatic hydroxyl groups excluding tert-OH is 1. The van der Waals surface area contributed by atoms with E-state index in [2.05, 4.69) is 10.6 Å².